The molecule has 2 unspecified atom stereocenters. The topological polar surface area (TPSA) is 35.5 Å². The average Bonchev–Trinajstić information content (AvgIpc) is 2.48. The molecule has 3 fully saturated rings. The first-order valence-electron chi connectivity index (χ1n) is 7.66. The highest BCUT2D eigenvalue weighted by molar-refractivity contribution is 8.00. The van der Waals surface area contributed by atoms with Crippen molar-refractivity contribution in [2.75, 3.05) is 25.6 Å². The fourth-order valence-electron chi connectivity index (χ4n) is 3.59. The summed E-state index contributed by atoms with van der Waals surface area (Å²) in [5.74, 6) is 1.92. The lowest BCUT2D eigenvalue weighted by Gasteiger charge is -2.43. The Hall–Kier alpha value is -0.0600. The van der Waals surface area contributed by atoms with Gasteiger partial charge in [0.25, 0.3) is 0 Å². The molecule has 0 amide bonds. The molecule has 2 atom stereocenters. The summed E-state index contributed by atoms with van der Waals surface area (Å²) in [6.45, 7) is 2.34. The van der Waals surface area contributed by atoms with Crippen molar-refractivity contribution in [3.05, 3.63) is 0 Å². The first-order chi connectivity index (χ1) is 9.29. The van der Waals surface area contributed by atoms with E-state index in [-0.39, 0.29) is 16.8 Å². The van der Waals surface area contributed by atoms with Crippen LogP contribution in [0.2, 0.25) is 0 Å². The van der Waals surface area contributed by atoms with Gasteiger partial charge in [0.05, 0.1) is 10.9 Å². The van der Waals surface area contributed by atoms with Crippen molar-refractivity contribution in [1.29, 1.82) is 0 Å². The third-order valence-electron chi connectivity index (χ3n) is 4.80. The second-order valence-corrected chi connectivity index (χ2v) is 7.40. The number of ether oxygens (including phenoxy) is 2. The zero-order chi connectivity index (χ0) is 13.1. The fraction of sp³-hybridized carbons (Fsp3) is 0.933. The van der Waals surface area contributed by atoms with Gasteiger partial charge in [-0.3, -0.25) is 4.79 Å². The van der Waals surface area contributed by atoms with Crippen LogP contribution < -0.4 is 0 Å². The van der Waals surface area contributed by atoms with Crippen molar-refractivity contribution in [2.45, 2.75) is 55.8 Å². The van der Waals surface area contributed by atoms with E-state index in [9.17, 15) is 4.79 Å². The summed E-state index contributed by atoms with van der Waals surface area (Å²) in [6.07, 6.45) is 7.40. The van der Waals surface area contributed by atoms with Crippen LogP contribution in [0.1, 0.15) is 44.9 Å². The quantitative estimate of drug-likeness (QED) is 0.781. The van der Waals surface area contributed by atoms with E-state index in [1.807, 2.05) is 11.8 Å². The standard InChI is InChI=1S/C15H24O3S/c16-14(13-3-1-2-10-19-13)12-4-7-18-15(11-12)5-8-17-9-6-15/h12-13H,1-11H2. The molecule has 3 rings (SSSR count). The minimum atomic E-state index is -0.0455. The van der Waals surface area contributed by atoms with E-state index >= 15 is 0 Å². The predicted octanol–water partition coefficient (Wildman–Crippen LogP) is 2.82. The zero-order valence-corrected chi connectivity index (χ0v) is 12.4. The summed E-state index contributed by atoms with van der Waals surface area (Å²) in [5.41, 5.74) is -0.0455. The number of hydrogen-bond acceptors (Lipinski definition) is 4. The largest absolute Gasteiger partial charge is 0.381 e. The van der Waals surface area contributed by atoms with Gasteiger partial charge in [0.15, 0.2) is 0 Å². The van der Waals surface area contributed by atoms with E-state index in [1.54, 1.807) is 0 Å². The van der Waals surface area contributed by atoms with E-state index in [0.717, 1.165) is 51.9 Å². The van der Waals surface area contributed by atoms with Gasteiger partial charge in [-0.2, -0.15) is 11.8 Å². The van der Waals surface area contributed by atoms with Gasteiger partial charge in [-0.15, -0.1) is 0 Å². The van der Waals surface area contributed by atoms with Crippen molar-refractivity contribution in [2.24, 2.45) is 5.92 Å². The molecule has 3 nitrogen and oxygen atoms in total. The molecule has 3 heterocycles. The minimum absolute atomic E-state index is 0.0455. The minimum Gasteiger partial charge on any atom is -0.381 e. The monoisotopic (exact) mass is 284 g/mol. The average molecular weight is 284 g/mol. The molecule has 0 saturated carbocycles. The number of carbonyl (C=O) groups is 1. The van der Waals surface area contributed by atoms with Crippen molar-refractivity contribution in [3.63, 3.8) is 0 Å². The Morgan fingerprint density at radius 3 is 2.68 bits per heavy atom. The summed E-state index contributed by atoms with van der Waals surface area (Å²) in [4.78, 5) is 12.7. The van der Waals surface area contributed by atoms with E-state index in [4.69, 9.17) is 9.47 Å². The maximum Gasteiger partial charge on any atom is 0.149 e. The molecular formula is C15H24O3S. The van der Waals surface area contributed by atoms with Crippen LogP contribution in [0.5, 0.6) is 0 Å². The van der Waals surface area contributed by atoms with Crippen molar-refractivity contribution in [1.82, 2.24) is 0 Å². The Bertz CT molecular complexity index is 314. The van der Waals surface area contributed by atoms with E-state index < -0.39 is 0 Å². The van der Waals surface area contributed by atoms with Crippen LogP contribution >= 0.6 is 11.8 Å². The molecular weight excluding hydrogens is 260 g/mol. The maximum atomic E-state index is 12.7. The predicted molar refractivity (Wildman–Crippen MR) is 76.6 cm³/mol. The maximum absolute atomic E-state index is 12.7. The van der Waals surface area contributed by atoms with Crippen LogP contribution in [0.3, 0.4) is 0 Å². The van der Waals surface area contributed by atoms with Crippen LogP contribution in [0.15, 0.2) is 0 Å². The SMILES string of the molecule is O=C(C1CCOC2(CCOCC2)C1)C1CCCCS1. The third kappa shape index (κ3) is 3.17. The number of ketones is 1. The summed E-state index contributed by atoms with van der Waals surface area (Å²) in [6, 6.07) is 0. The van der Waals surface area contributed by atoms with E-state index in [0.29, 0.717) is 5.78 Å². The molecule has 108 valence electrons. The van der Waals surface area contributed by atoms with Crippen molar-refractivity contribution < 1.29 is 14.3 Å². The Balaban J connectivity index is 1.62. The van der Waals surface area contributed by atoms with Gasteiger partial charge in [-0.25, -0.2) is 0 Å². The molecule has 1 spiro atoms. The fourth-order valence-corrected chi connectivity index (χ4v) is 4.94. The number of hydrogen-bond donors (Lipinski definition) is 0. The van der Waals surface area contributed by atoms with Crippen molar-refractivity contribution >= 4 is 17.5 Å². The lowest BCUT2D eigenvalue weighted by molar-refractivity contribution is -0.156. The lowest BCUT2D eigenvalue weighted by atomic mass is 9.78. The number of Topliss-reactive ketones (excluding diaryl/α,β-unsaturated/α-hetero) is 1. The molecule has 19 heavy (non-hydrogen) atoms. The number of rotatable bonds is 2. The summed E-state index contributed by atoms with van der Waals surface area (Å²) < 4.78 is 11.5. The van der Waals surface area contributed by atoms with Gasteiger partial charge in [0.1, 0.15) is 5.78 Å². The van der Waals surface area contributed by atoms with Gasteiger partial charge >= 0.3 is 0 Å². The summed E-state index contributed by atoms with van der Waals surface area (Å²) in [7, 11) is 0. The zero-order valence-electron chi connectivity index (χ0n) is 11.6. The Kier molecular flexibility index (Phi) is 4.50. The third-order valence-corrected chi connectivity index (χ3v) is 6.19. The lowest BCUT2D eigenvalue weighted by Crippen LogP contribution is -2.47. The smallest absolute Gasteiger partial charge is 0.149 e. The van der Waals surface area contributed by atoms with Crippen LogP contribution in [0.25, 0.3) is 0 Å². The molecule has 0 aliphatic carbocycles. The molecule has 0 aromatic heterocycles. The number of carbonyl (C=O) groups excluding carboxylic acids is 1. The molecule has 0 radical (unpaired) electrons. The molecule has 4 heteroatoms. The summed E-state index contributed by atoms with van der Waals surface area (Å²) >= 11 is 1.88. The first-order valence-corrected chi connectivity index (χ1v) is 8.71. The van der Waals surface area contributed by atoms with Crippen molar-refractivity contribution in [3.8, 4) is 0 Å². The molecule has 0 aromatic carbocycles. The molecule has 3 aliphatic heterocycles. The Labute approximate surface area is 119 Å². The Morgan fingerprint density at radius 1 is 1.11 bits per heavy atom. The molecule has 0 aromatic rings. The first kappa shape index (κ1) is 13.9. The van der Waals surface area contributed by atoms with Gasteiger partial charge in [-0.05, 0) is 44.3 Å². The molecule has 0 N–H and O–H groups in total. The van der Waals surface area contributed by atoms with Gasteiger partial charge in [0.2, 0.25) is 0 Å². The summed E-state index contributed by atoms with van der Waals surface area (Å²) in [5, 5.41) is 0.272. The van der Waals surface area contributed by atoms with E-state index in [1.165, 1.54) is 18.6 Å². The van der Waals surface area contributed by atoms with Gasteiger partial charge < -0.3 is 9.47 Å². The second kappa shape index (κ2) is 6.15. The van der Waals surface area contributed by atoms with E-state index in [2.05, 4.69) is 0 Å². The molecule has 0 bridgehead atoms. The normalized spacial score (nSPS) is 35.2. The van der Waals surface area contributed by atoms with Gasteiger partial charge in [0, 0.05) is 25.7 Å². The Morgan fingerprint density at radius 2 is 1.95 bits per heavy atom. The van der Waals surface area contributed by atoms with Crippen LogP contribution in [-0.4, -0.2) is 42.2 Å². The van der Waals surface area contributed by atoms with Gasteiger partial charge in [-0.1, -0.05) is 6.42 Å². The molecule has 3 saturated heterocycles. The van der Waals surface area contributed by atoms with Crippen LogP contribution in [0, 0.1) is 5.92 Å². The van der Waals surface area contributed by atoms with Crippen LogP contribution in [-0.2, 0) is 14.3 Å². The number of thioether (sulfide) groups is 1. The highest BCUT2D eigenvalue weighted by atomic mass is 32.2. The molecule has 3 aliphatic rings. The highest BCUT2D eigenvalue weighted by Crippen LogP contribution is 2.39. The second-order valence-electron chi connectivity index (χ2n) is 6.09. The van der Waals surface area contributed by atoms with Crippen LogP contribution in [0.4, 0.5) is 0 Å². The highest BCUT2D eigenvalue weighted by Gasteiger charge is 2.42.